The van der Waals surface area contributed by atoms with E-state index < -0.39 is 0 Å². The average molecular weight is 276 g/mol. The van der Waals surface area contributed by atoms with Gasteiger partial charge >= 0.3 is 0 Å². The lowest BCUT2D eigenvalue weighted by Crippen LogP contribution is -2.45. The minimum atomic E-state index is 0.294. The molecule has 0 bridgehead atoms. The standard InChI is InChI=1S/C18H32N2/c1-17(2,3)13-7-9-19-15(11-13)16-12-14(8-10-20-16)18(4,5)6/h9,12-13,15-16,20H,7-8,10-11H2,1-6H3/t13?,15?,16-/m1/s1. The fraction of sp³-hybridized carbons (Fsp3) is 0.833. The van der Waals surface area contributed by atoms with Gasteiger partial charge in [-0.3, -0.25) is 4.99 Å². The van der Waals surface area contributed by atoms with Gasteiger partial charge < -0.3 is 5.32 Å². The fourth-order valence-electron chi connectivity index (χ4n) is 3.32. The molecule has 0 fully saturated rings. The number of hydrogen-bond donors (Lipinski definition) is 1. The highest BCUT2D eigenvalue weighted by Crippen LogP contribution is 2.37. The lowest BCUT2D eigenvalue weighted by atomic mass is 9.73. The minimum absolute atomic E-state index is 0.294. The molecule has 2 nitrogen and oxygen atoms in total. The first-order valence-electron chi connectivity index (χ1n) is 8.14. The largest absolute Gasteiger partial charge is 0.308 e. The second kappa shape index (κ2) is 5.63. The summed E-state index contributed by atoms with van der Waals surface area (Å²) in [6, 6.07) is 0.852. The number of aliphatic imine (C=N–C) groups is 1. The zero-order valence-corrected chi connectivity index (χ0v) is 14.2. The molecule has 0 aliphatic carbocycles. The van der Waals surface area contributed by atoms with Crippen molar-refractivity contribution in [1.82, 2.24) is 5.32 Å². The molecule has 114 valence electrons. The van der Waals surface area contributed by atoms with Crippen LogP contribution >= 0.6 is 0 Å². The third kappa shape index (κ3) is 3.72. The topological polar surface area (TPSA) is 24.4 Å². The van der Waals surface area contributed by atoms with Crippen LogP contribution in [0, 0.1) is 16.7 Å². The molecule has 2 aliphatic heterocycles. The third-order valence-corrected chi connectivity index (χ3v) is 4.97. The van der Waals surface area contributed by atoms with E-state index in [1.807, 2.05) is 0 Å². The van der Waals surface area contributed by atoms with Crippen LogP contribution in [0.4, 0.5) is 0 Å². The lowest BCUT2D eigenvalue weighted by molar-refractivity contribution is 0.205. The molecular formula is C18H32N2. The van der Waals surface area contributed by atoms with Crippen LogP contribution in [0.2, 0.25) is 0 Å². The van der Waals surface area contributed by atoms with Crippen LogP contribution in [0.1, 0.15) is 60.8 Å². The summed E-state index contributed by atoms with van der Waals surface area (Å²) in [5.74, 6) is 0.750. The predicted molar refractivity (Wildman–Crippen MR) is 88.4 cm³/mol. The smallest absolute Gasteiger partial charge is 0.0687 e. The Morgan fingerprint density at radius 1 is 1.15 bits per heavy atom. The maximum atomic E-state index is 4.80. The van der Waals surface area contributed by atoms with Crippen molar-refractivity contribution in [1.29, 1.82) is 0 Å². The Bertz CT molecular complexity index is 393. The summed E-state index contributed by atoms with van der Waals surface area (Å²) in [5, 5.41) is 3.67. The van der Waals surface area contributed by atoms with Crippen LogP contribution in [-0.4, -0.2) is 24.8 Å². The van der Waals surface area contributed by atoms with Gasteiger partial charge in [-0.15, -0.1) is 0 Å². The van der Waals surface area contributed by atoms with E-state index in [1.54, 1.807) is 5.57 Å². The Balaban J connectivity index is 2.12. The number of rotatable bonds is 1. The summed E-state index contributed by atoms with van der Waals surface area (Å²) < 4.78 is 0. The summed E-state index contributed by atoms with van der Waals surface area (Å²) in [5.41, 5.74) is 2.27. The van der Waals surface area contributed by atoms with Gasteiger partial charge in [0.25, 0.3) is 0 Å². The zero-order chi connectivity index (χ0) is 15.0. The molecule has 2 rings (SSSR count). The van der Waals surface area contributed by atoms with Crippen molar-refractivity contribution in [2.45, 2.75) is 72.9 Å². The molecule has 0 aromatic heterocycles. The van der Waals surface area contributed by atoms with E-state index in [0.717, 1.165) is 18.9 Å². The molecule has 2 unspecified atom stereocenters. The van der Waals surface area contributed by atoms with Crippen LogP contribution in [0.15, 0.2) is 16.6 Å². The summed E-state index contributed by atoms with van der Waals surface area (Å²) >= 11 is 0. The molecule has 1 N–H and O–H groups in total. The molecule has 2 aliphatic rings. The fourth-order valence-corrected chi connectivity index (χ4v) is 3.32. The van der Waals surface area contributed by atoms with Crippen molar-refractivity contribution in [3.8, 4) is 0 Å². The van der Waals surface area contributed by atoms with Crippen molar-refractivity contribution in [2.24, 2.45) is 21.7 Å². The first-order valence-corrected chi connectivity index (χ1v) is 8.14. The molecule has 2 heterocycles. The van der Waals surface area contributed by atoms with Crippen LogP contribution in [0.5, 0.6) is 0 Å². The first kappa shape index (κ1) is 15.8. The van der Waals surface area contributed by atoms with Gasteiger partial charge in [-0.1, -0.05) is 53.2 Å². The summed E-state index contributed by atoms with van der Waals surface area (Å²) in [6.07, 6.45) is 8.18. The van der Waals surface area contributed by atoms with Gasteiger partial charge in [-0.05, 0) is 48.8 Å². The lowest BCUT2D eigenvalue weighted by Gasteiger charge is -2.39. The number of hydrogen-bond acceptors (Lipinski definition) is 2. The van der Waals surface area contributed by atoms with Crippen LogP contribution < -0.4 is 5.32 Å². The Labute approximate surface area is 125 Å². The van der Waals surface area contributed by atoms with Crippen molar-refractivity contribution < 1.29 is 0 Å². The van der Waals surface area contributed by atoms with E-state index in [1.165, 1.54) is 12.8 Å². The molecule has 0 spiro atoms. The second-order valence-corrected chi connectivity index (χ2v) is 8.61. The SMILES string of the molecule is CC(C)(C)C1=C[C@H](C2CC(C(C)(C)C)CC=N2)NCC1. The summed E-state index contributed by atoms with van der Waals surface area (Å²) in [6.45, 7) is 15.1. The van der Waals surface area contributed by atoms with E-state index in [9.17, 15) is 0 Å². The highest BCUT2D eigenvalue weighted by molar-refractivity contribution is 5.59. The Morgan fingerprint density at radius 2 is 1.85 bits per heavy atom. The predicted octanol–water partition coefficient (Wildman–Crippen LogP) is 4.22. The molecule has 0 aromatic carbocycles. The summed E-state index contributed by atoms with van der Waals surface area (Å²) in [4.78, 5) is 4.80. The molecule has 0 amide bonds. The van der Waals surface area contributed by atoms with Crippen molar-refractivity contribution in [2.75, 3.05) is 6.54 Å². The van der Waals surface area contributed by atoms with Gasteiger partial charge in [0.05, 0.1) is 6.04 Å². The van der Waals surface area contributed by atoms with E-state index >= 15 is 0 Å². The first-order chi connectivity index (χ1) is 9.18. The van der Waals surface area contributed by atoms with Gasteiger partial charge in [0.1, 0.15) is 0 Å². The van der Waals surface area contributed by atoms with Gasteiger partial charge in [0.15, 0.2) is 0 Å². The highest BCUT2D eigenvalue weighted by Gasteiger charge is 2.33. The Morgan fingerprint density at radius 3 is 2.45 bits per heavy atom. The summed E-state index contributed by atoms with van der Waals surface area (Å²) in [7, 11) is 0. The van der Waals surface area contributed by atoms with Gasteiger partial charge in [0, 0.05) is 6.04 Å². The van der Waals surface area contributed by atoms with Gasteiger partial charge in [-0.25, -0.2) is 0 Å². The van der Waals surface area contributed by atoms with Crippen molar-refractivity contribution in [3.63, 3.8) is 0 Å². The minimum Gasteiger partial charge on any atom is -0.308 e. The molecule has 2 heteroatoms. The van der Waals surface area contributed by atoms with E-state index in [4.69, 9.17) is 4.99 Å². The average Bonchev–Trinajstić information content (AvgIpc) is 2.37. The molecule has 0 saturated carbocycles. The van der Waals surface area contributed by atoms with Crippen LogP contribution in [0.25, 0.3) is 0 Å². The maximum Gasteiger partial charge on any atom is 0.0687 e. The molecule has 0 aromatic rings. The quantitative estimate of drug-likeness (QED) is 0.713. The van der Waals surface area contributed by atoms with E-state index in [0.29, 0.717) is 22.9 Å². The van der Waals surface area contributed by atoms with E-state index in [2.05, 4.69) is 59.1 Å². The Kier molecular flexibility index (Phi) is 4.44. The van der Waals surface area contributed by atoms with Crippen LogP contribution in [-0.2, 0) is 0 Å². The number of nitrogens with zero attached hydrogens (tertiary/aromatic N) is 1. The van der Waals surface area contributed by atoms with E-state index in [-0.39, 0.29) is 0 Å². The normalized spacial score (nSPS) is 32.1. The van der Waals surface area contributed by atoms with Crippen molar-refractivity contribution >= 4 is 6.21 Å². The Hall–Kier alpha value is -0.630. The zero-order valence-electron chi connectivity index (χ0n) is 14.2. The van der Waals surface area contributed by atoms with Crippen LogP contribution in [0.3, 0.4) is 0 Å². The monoisotopic (exact) mass is 276 g/mol. The highest BCUT2D eigenvalue weighted by atomic mass is 15.0. The van der Waals surface area contributed by atoms with Gasteiger partial charge in [0.2, 0.25) is 0 Å². The van der Waals surface area contributed by atoms with Crippen molar-refractivity contribution in [3.05, 3.63) is 11.6 Å². The van der Waals surface area contributed by atoms with Gasteiger partial charge in [-0.2, -0.15) is 0 Å². The molecular weight excluding hydrogens is 244 g/mol. The second-order valence-electron chi connectivity index (χ2n) is 8.61. The molecule has 0 saturated heterocycles. The molecule has 3 atom stereocenters. The number of nitrogens with one attached hydrogen (secondary N) is 1. The maximum absolute atomic E-state index is 4.80. The molecule has 0 radical (unpaired) electrons. The third-order valence-electron chi connectivity index (χ3n) is 4.97. The molecule has 20 heavy (non-hydrogen) atoms.